The van der Waals surface area contributed by atoms with Gasteiger partial charge in [0.05, 0.1) is 18.9 Å². The molecule has 0 bridgehead atoms. The van der Waals surface area contributed by atoms with Crippen molar-refractivity contribution >= 4 is 16.0 Å². The van der Waals surface area contributed by atoms with Crippen molar-refractivity contribution < 1.29 is 40.6 Å². The monoisotopic (exact) mass is 371 g/mol. The molecule has 1 aromatic rings. The van der Waals surface area contributed by atoms with Crippen LogP contribution in [-0.2, 0) is 14.8 Å². The molecule has 2 atom stereocenters. The fraction of sp³-hybridized carbons (Fsp3) is 0.462. The van der Waals surface area contributed by atoms with Crippen molar-refractivity contribution in [1.82, 2.24) is 4.31 Å². The van der Waals surface area contributed by atoms with E-state index in [1.165, 1.54) is 7.11 Å². The van der Waals surface area contributed by atoms with Crippen LogP contribution < -0.4 is 4.74 Å². The molecular formula is C13H13F4NO5S. The van der Waals surface area contributed by atoms with Crippen LogP contribution in [0.15, 0.2) is 23.1 Å². The molecule has 134 valence electrons. The van der Waals surface area contributed by atoms with Crippen LogP contribution in [0, 0.1) is 17.7 Å². The summed E-state index contributed by atoms with van der Waals surface area (Å²) in [6.45, 7) is -1.96. The highest BCUT2D eigenvalue weighted by Gasteiger charge is 2.55. The molecule has 0 aromatic heterocycles. The molecule has 0 saturated carbocycles. The van der Waals surface area contributed by atoms with Crippen molar-refractivity contribution in [3.05, 3.63) is 24.0 Å². The zero-order valence-electron chi connectivity index (χ0n) is 12.2. The Labute approximate surface area is 134 Å². The standard InChI is InChI=1S/C13H13F4NO5S/c1-23-7-2-3-11(10(14)4-7)24(21,22)18-5-8(12(19)20)9(6-18)13(15,16)17/h2-4,8-9H,5-6H2,1H3,(H,19,20)/t8-,9-/m1/s1. The quantitative estimate of drug-likeness (QED) is 0.815. The smallest absolute Gasteiger partial charge is 0.393 e. The van der Waals surface area contributed by atoms with Crippen LogP contribution in [0.3, 0.4) is 0 Å². The number of ether oxygens (including phenoxy) is 1. The molecule has 1 aliphatic rings. The number of carboxylic acids is 1. The van der Waals surface area contributed by atoms with Crippen molar-refractivity contribution in [1.29, 1.82) is 0 Å². The molecule has 6 nitrogen and oxygen atoms in total. The summed E-state index contributed by atoms with van der Waals surface area (Å²) in [4.78, 5) is 10.2. The number of hydrogen-bond donors (Lipinski definition) is 1. The van der Waals surface area contributed by atoms with E-state index in [9.17, 15) is 30.8 Å². The van der Waals surface area contributed by atoms with E-state index in [1.54, 1.807) is 0 Å². The summed E-state index contributed by atoms with van der Waals surface area (Å²) in [6, 6.07) is 2.78. The Kier molecular flexibility index (Phi) is 4.77. The molecule has 0 amide bonds. The van der Waals surface area contributed by atoms with Gasteiger partial charge in [-0.1, -0.05) is 0 Å². The first-order valence-electron chi connectivity index (χ1n) is 6.61. The summed E-state index contributed by atoms with van der Waals surface area (Å²) in [6.07, 6.45) is -4.88. The summed E-state index contributed by atoms with van der Waals surface area (Å²) in [5.41, 5.74) is 0. The fourth-order valence-electron chi connectivity index (χ4n) is 2.50. The Bertz CT molecular complexity index is 749. The second kappa shape index (κ2) is 6.20. The number of aliphatic carboxylic acids is 1. The molecular weight excluding hydrogens is 358 g/mol. The zero-order valence-corrected chi connectivity index (χ0v) is 13.1. The number of rotatable bonds is 4. The minimum Gasteiger partial charge on any atom is -0.497 e. The Morgan fingerprint density at radius 2 is 1.96 bits per heavy atom. The summed E-state index contributed by atoms with van der Waals surface area (Å²) in [5, 5.41) is 8.91. The van der Waals surface area contributed by atoms with Gasteiger partial charge in [0.25, 0.3) is 0 Å². The maximum Gasteiger partial charge on any atom is 0.393 e. The van der Waals surface area contributed by atoms with Crippen molar-refractivity contribution in [2.24, 2.45) is 11.8 Å². The molecule has 1 aliphatic heterocycles. The van der Waals surface area contributed by atoms with E-state index >= 15 is 0 Å². The molecule has 0 radical (unpaired) electrons. The lowest BCUT2D eigenvalue weighted by atomic mass is 9.96. The largest absolute Gasteiger partial charge is 0.497 e. The number of carbonyl (C=O) groups is 1. The van der Waals surface area contributed by atoms with Gasteiger partial charge in [-0.2, -0.15) is 17.5 Å². The van der Waals surface area contributed by atoms with E-state index in [0.29, 0.717) is 4.31 Å². The normalized spacial score (nSPS) is 22.5. The maximum atomic E-state index is 13.9. The Balaban J connectivity index is 2.39. The number of halogens is 4. The highest BCUT2D eigenvalue weighted by Crippen LogP contribution is 2.40. The third-order valence-electron chi connectivity index (χ3n) is 3.78. The number of nitrogens with zero attached hydrogens (tertiary/aromatic N) is 1. The molecule has 0 spiro atoms. The van der Waals surface area contributed by atoms with Crippen LogP contribution in [0.5, 0.6) is 5.75 Å². The number of hydrogen-bond acceptors (Lipinski definition) is 4. The van der Waals surface area contributed by atoms with Crippen LogP contribution in [0.25, 0.3) is 0 Å². The van der Waals surface area contributed by atoms with Crippen molar-refractivity contribution in [2.45, 2.75) is 11.1 Å². The summed E-state index contributed by atoms with van der Waals surface area (Å²) in [5.74, 6) is -7.22. The predicted octanol–water partition coefficient (Wildman–Crippen LogP) is 1.72. The minimum atomic E-state index is -4.88. The lowest BCUT2D eigenvalue weighted by Crippen LogP contribution is -2.34. The van der Waals surface area contributed by atoms with Crippen molar-refractivity contribution in [3.63, 3.8) is 0 Å². The minimum absolute atomic E-state index is 0.0319. The van der Waals surface area contributed by atoms with Crippen molar-refractivity contribution in [3.8, 4) is 5.75 Å². The van der Waals surface area contributed by atoms with E-state index in [-0.39, 0.29) is 5.75 Å². The van der Waals surface area contributed by atoms with Gasteiger partial charge in [-0.3, -0.25) is 4.79 Å². The van der Waals surface area contributed by atoms with Gasteiger partial charge in [-0.25, -0.2) is 12.8 Å². The fourth-order valence-corrected chi connectivity index (χ4v) is 4.04. The first kappa shape index (κ1) is 18.5. The molecule has 1 saturated heterocycles. The average molecular weight is 371 g/mol. The molecule has 2 rings (SSSR count). The number of methoxy groups -OCH3 is 1. The maximum absolute atomic E-state index is 13.9. The van der Waals surface area contributed by atoms with Gasteiger partial charge in [-0.05, 0) is 12.1 Å². The second-order valence-corrected chi connectivity index (χ2v) is 7.12. The second-order valence-electron chi connectivity index (χ2n) is 5.21. The number of alkyl halides is 3. The highest BCUT2D eigenvalue weighted by molar-refractivity contribution is 7.89. The molecule has 1 heterocycles. The van der Waals surface area contributed by atoms with Gasteiger partial charge in [0.1, 0.15) is 16.5 Å². The van der Waals surface area contributed by atoms with E-state index in [4.69, 9.17) is 9.84 Å². The van der Waals surface area contributed by atoms with Crippen molar-refractivity contribution in [2.75, 3.05) is 20.2 Å². The molecule has 1 aromatic carbocycles. The lowest BCUT2D eigenvalue weighted by Gasteiger charge is -2.18. The SMILES string of the molecule is COc1ccc(S(=O)(=O)N2C[C@@H](C(F)(F)F)[C@H](C(=O)O)C2)c(F)c1. The van der Waals surface area contributed by atoms with Gasteiger partial charge in [-0.15, -0.1) is 0 Å². The van der Waals surface area contributed by atoms with Gasteiger partial charge in [0.15, 0.2) is 0 Å². The van der Waals surface area contributed by atoms with Crippen LogP contribution in [0.2, 0.25) is 0 Å². The first-order chi connectivity index (χ1) is 11.0. The van der Waals surface area contributed by atoms with Gasteiger partial charge >= 0.3 is 12.1 Å². The van der Waals surface area contributed by atoms with Gasteiger partial charge in [0.2, 0.25) is 10.0 Å². The van der Waals surface area contributed by atoms with E-state index in [1.807, 2.05) is 0 Å². The Hall–Kier alpha value is -1.88. The summed E-state index contributed by atoms with van der Waals surface area (Å²) >= 11 is 0. The third kappa shape index (κ3) is 3.31. The van der Waals surface area contributed by atoms with Crippen LogP contribution in [0.4, 0.5) is 17.6 Å². The number of sulfonamides is 1. The third-order valence-corrected chi connectivity index (χ3v) is 5.65. The van der Waals surface area contributed by atoms with Gasteiger partial charge < -0.3 is 9.84 Å². The summed E-state index contributed by atoms with van der Waals surface area (Å²) in [7, 11) is -3.38. The van der Waals surface area contributed by atoms with Gasteiger partial charge in [0, 0.05) is 19.2 Å². The van der Waals surface area contributed by atoms with Crippen LogP contribution in [-0.4, -0.2) is 50.2 Å². The molecule has 1 N–H and O–H groups in total. The molecule has 1 fully saturated rings. The molecule has 24 heavy (non-hydrogen) atoms. The number of carboxylic acid groups (broad SMARTS) is 1. The lowest BCUT2D eigenvalue weighted by molar-refractivity contribution is -0.187. The average Bonchev–Trinajstić information content (AvgIpc) is 2.93. The predicted molar refractivity (Wildman–Crippen MR) is 72.4 cm³/mol. The van der Waals surface area contributed by atoms with E-state index in [2.05, 4.69) is 0 Å². The molecule has 0 aliphatic carbocycles. The zero-order chi connectivity index (χ0) is 18.3. The molecule has 11 heteroatoms. The Morgan fingerprint density at radius 3 is 2.38 bits per heavy atom. The topological polar surface area (TPSA) is 83.9 Å². The summed E-state index contributed by atoms with van der Waals surface area (Å²) < 4.78 is 82.6. The number of benzene rings is 1. The van der Waals surface area contributed by atoms with Crippen LogP contribution in [0.1, 0.15) is 0 Å². The molecule has 0 unspecified atom stereocenters. The Morgan fingerprint density at radius 1 is 1.33 bits per heavy atom. The first-order valence-corrected chi connectivity index (χ1v) is 8.05. The van der Waals surface area contributed by atoms with Crippen LogP contribution >= 0.6 is 0 Å². The highest BCUT2D eigenvalue weighted by atomic mass is 32.2. The van der Waals surface area contributed by atoms with E-state index in [0.717, 1.165) is 18.2 Å². The van der Waals surface area contributed by atoms with E-state index < -0.39 is 57.8 Å².